The fourth-order valence-corrected chi connectivity index (χ4v) is 1.68. The standard InChI is InChI=1S/C11H23N3O2/c1-4-13(3)11(15)8-14-5-6-16-10(7-14)9(2)12/h9-10H,4-8,12H2,1-3H3. The maximum Gasteiger partial charge on any atom is 0.236 e. The number of rotatable bonds is 4. The van der Waals surface area contributed by atoms with Crippen molar-refractivity contribution in [3.05, 3.63) is 0 Å². The first-order chi connectivity index (χ1) is 7.54. The Kier molecular flexibility index (Phi) is 5.18. The van der Waals surface area contributed by atoms with Crippen molar-refractivity contribution < 1.29 is 9.53 Å². The normalized spacial score (nSPS) is 24.1. The van der Waals surface area contributed by atoms with Crippen LogP contribution >= 0.6 is 0 Å². The second kappa shape index (κ2) is 6.18. The molecule has 1 saturated heterocycles. The minimum Gasteiger partial charge on any atom is -0.374 e. The molecule has 16 heavy (non-hydrogen) atoms. The number of nitrogens with zero attached hydrogens (tertiary/aromatic N) is 2. The van der Waals surface area contributed by atoms with Crippen LogP contribution in [0.3, 0.4) is 0 Å². The molecule has 2 atom stereocenters. The van der Waals surface area contributed by atoms with Gasteiger partial charge in [-0.1, -0.05) is 0 Å². The Hall–Kier alpha value is -0.650. The molecule has 0 aliphatic carbocycles. The van der Waals surface area contributed by atoms with Crippen molar-refractivity contribution in [2.75, 3.05) is 39.8 Å². The second-order valence-electron chi connectivity index (χ2n) is 4.41. The van der Waals surface area contributed by atoms with Crippen LogP contribution in [0.1, 0.15) is 13.8 Å². The van der Waals surface area contributed by atoms with Gasteiger partial charge in [-0.25, -0.2) is 0 Å². The highest BCUT2D eigenvalue weighted by Crippen LogP contribution is 2.07. The number of nitrogens with two attached hydrogens (primary N) is 1. The molecule has 1 aliphatic heterocycles. The molecule has 1 amide bonds. The minimum atomic E-state index is 0.0156. The number of carbonyl (C=O) groups excluding carboxylic acids is 1. The van der Waals surface area contributed by atoms with Gasteiger partial charge in [0.1, 0.15) is 0 Å². The zero-order valence-corrected chi connectivity index (χ0v) is 10.5. The van der Waals surface area contributed by atoms with Gasteiger partial charge in [0, 0.05) is 32.7 Å². The van der Waals surface area contributed by atoms with E-state index in [4.69, 9.17) is 10.5 Å². The number of ether oxygens (including phenoxy) is 1. The van der Waals surface area contributed by atoms with Crippen molar-refractivity contribution in [1.29, 1.82) is 0 Å². The van der Waals surface area contributed by atoms with Crippen LogP contribution in [0.25, 0.3) is 0 Å². The summed E-state index contributed by atoms with van der Waals surface area (Å²) in [5.74, 6) is 0.160. The molecule has 2 N–H and O–H groups in total. The average molecular weight is 229 g/mol. The summed E-state index contributed by atoms with van der Waals surface area (Å²) >= 11 is 0. The van der Waals surface area contributed by atoms with Crippen LogP contribution in [0.15, 0.2) is 0 Å². The smallest absolute Gasteiger partial charge is 0.236 e. The molecule has 1 rings (SSSR count). The second-order valence-corrected chi connectivity index (χ2v) is 4.41. The first kappa shape index (κ1) is 13.4. The molecule has 5 heteroatoms. The minimum absolute atomic E-state index is 0.0156. The molecule has 0 aromatic carbocycles. The van der Waals surface area contributed by atoms with E-state index in [2.05, 4.69) is 4.90 Å². The Bertz CT molecular complexity index is 233. The first-order valence-electron chi connectivity index (χ1n) is 5.88. The van der Waals surface area contributed by atoms with E-state index in [1.807, 2.05) is 20.9 Å². The lowest BCUT2D eigenvalue weighted by Gasteiger charge is -2.34. The highest BCUT2D eigenvalue weighted by molar-refractivity contribution is 5.77. The summed E-state index contributed by atoms with van der Waals surface area (Å²) in [6.07, 6.45) is 0.0495. The molecular formula is C11H23N3O2. The molecule has 0 bridgehead atoms. The van der Waals surface area contributed by atoms with E-state index in [0.717, 1.165) is 19.6 Å². The van der Waals surface area contributed by atoms with Gasteiger partial charge in [0.15, 0.2) is 0 Å². The van der Waals surface area contributed by atoms with Crippen LogP contribution < -0.4 is 5.73 Å². The Morgan fingerprint density at radius 2 is 2.38 bits per heavy atom. The van der Waals surface area contributed by atoms with E-state index in [1.54, 1.807) is 4.90 Å². The van der Waals surface area contributed by atoms with Gasteiger partial charge in [-0.15, -0.1) is 0 Å². The third-order valence-electron chi connectivity index (χ3n) is 3.02. The predicted molar refractivity (Wildman–Crippen MR) is 63.1 cm³/mol. The monoisotopic (exact) mass is 229 g/mol. The van der Waals surface area contributed by atoms with Crippen molar-refractivity contribution in [3.63, 3.8) is 0 Å². The molecule has 1 aliphatic rings. The number of likely N-dealkylation sites (N-methyl/N-ethyl adjacent to an activating group) is 1. The quantitative estimate of drug-likeness (QED) is 0.707. The van der Waals surface area contributed by atoms with Gasteiger partial charge in [0.05, 0.1) is 19.3 Å². The Morgan fingerprint density at radius 1 is 1.69 bits per heavy atom. The molecule has 94 valence electrons. The van der Waals surface area contributed by atoms with Crippen LogP contribution in [0, 0.1) is 0 Å². The summed E-state index contributed by atoms with van der Waals surface area (Å²) in [5, 5.41) is 0. The molecule has 5 nitrogen and oxygen atoms in total. The Morgan fingerprint density at radius 3 is 2.94 bits per heavy atom. The summed E-state index contributed by atoms with van der Waals surface area (Å²) in [4.78, 5) is 15.6. The lowest BCUT2D eigenvalue weighted by Crippen LogP contribution is -2.51. The number of morpholine rings is 1. The molecule has 2 unspecified atom stereocenters. The van der Waals surface area contributed by atoms with E-state index in [9.17, 15) is 4.79 Å². The zero-order chi connectivity index (χ0) is 12.1. The van der Waals surface area contributed by atoms with Gasteiger partial charge in [0.2, 0.25) is 5.91 Å². The van der Waals surface area contributed by atoms with Gasteiger partial charge < -0.3 is 15.4 Å². The third-order valence-corrected chi connectivity index (χ3v) is 3.02. The van der Waals surface area contributed by atoms with Gasteiger partial charge in [-0.2, -0.15) is 0 Å². The first-order valence-corrected chi connectivity index (χ1v) is 5.88. The van der Waals surface area contributed by atoms with Gasteiger partial charge in [0.25, 0.3) is 0 Å². The number of amides is 1. The Labute approximate surface area is 97.5 Å². The van der Waals surface area contributed by atoms with Crippen LogP contribution in [0.2, 0.25) is 0 Å². The van der Waals surface area contributed by atoms with Crippen molar-refractivity contribution in [3.8, 4) is 0 Å². The molecule has 0 radical (unpaired) electrons. The molecule has 1 heterocycles. The highest BCUT2D eigenvalue weighted by atomic mass is 16.5. The lowest BCUT2D eigenvalue weighted by molar-refractivity contribution is -0.133. The van der Waals surface area contributed by atoms with Crippen molar-refractivity contribution in [2.24, 2.45) is 5.73 Å². The largest absolute Gasteiger partial charge is 0.374 e. The molecule has 0 aromatic heterocycles. The van der Waals surface area contributed by atoms with Crippen LogP contribution in [0.5, 0.6) is 0 Å². The van der Waals surface area contributed by atoms with E-state index >= 15 is 0 Å². The van der Waals surface area contributed by atoms with E-state index < -0.39 is 0 Å². The maximum absolute atomic E-state index is 11.7. The van der Waals surface area contributed by atoms with Crippen molar-refractivity contribution >= 4 is 5.91 Å². The molecule has 0 aromatic rings. The van der Waals surface area contributed by atoms with Gasteiger partial charge in [-0.05, 0) is 13.8 Å². The lowest BCUT2D eigenvalue weighted by atomic mass is 10.1. The summed E-state index contributed by atoms with van der Waals surface area (Å²) < 4.78 is 5.55. The van der Waals surface area contributed by atoms with Gasteiger partial charge >= 0.3 is 0 Å². The maximum atomic E-state index is 11.7. The zero-order valence-electron chi connectivity index (χ0n) is 10.5. The van der Waals surface area contributed by atoms with E-state index in [-0.39, 0.29) is 18.1 Å². The summed E-state index contributed by atoms with van der Waals surface area (Å²) in [6, 6.07) is 0.0156. The molecular weight excluding hydrogens is 206 g/mol. The SMILES string of the molecule is CCN(C)C(=O)CN1CCOC(C(C)N)C1. The highest BCUT2D eigenvalue weighted by Gasteiger charge is 2.25. The molecule has 0 spiro atoms. The summed E-state index contributed by atoms with van der Waals surface area (Å²) in [7, 11) is 1.83. The number of hydrogen-bond donors (Lipinski definition) is 1. The van der Waals surface area contributed by atoms with Gasteiger partial charge in [-0.3, -0.25) is 9.69 Å². The Balaban J connectivity index is 2.40. The van der Waals surface area contributed by atoms with E-state index in [0.29, 0.717) is 13.2 Å². The predicted octanol–water partition coefficient (Wildman–Crippen LogP) is -0.487. The van der Waals surface area contributed by atoms with Crippen LogP contribution in [0.4, 0.5) is 0 Å². The third kappa shape index (κ3) is 3.73. The summed E-state index contributed by atoms with van der Waals surface area (Å²) in [6.45, 7) is 7.36. The molecule has 1 fully saturated rings. The van der Waals surface area contributed by atoms with Crippen molar-refractivity contribution in [2.45, 2.75) is 26.0 Å². The fraction of sp³-hybridized carbons (Fsp3) is 0.909. The fourth-order valence-electron chi connectivity index (χ4n) is 1.68. The average Bonchev–Trinajstić information content (AvgIpc) is 2.28. The van der Waals surface area contributed by atoms with Crippen LogP contribution in [-0.4, -0.2) is 67.7 Å². The number of carbonyl (C=O) groups is 1. The number of hydrogen-bond acceptors (Lipinski definition) is 4. The topological polar surface area (TPSA) is 58.8 Å². The summed E-state index contributed by atoms with van der Waals surface area (Å²) in [5.41, 5.74) is 5.80. The van der Waals surface area contributed by atoms with E-state index in [1.165, 1.54) is 0 Å². The molecule has 0 saturated carbocycles. The van der Waals surface area contributed by atoms with Crippen LogP contribution in [-0.2, 0) is 9.53 Å². The van der Waals surface area contributed by atoms with Crippen molar-refractivity contribution in [1.82, 2.24) is 9.80 Å².